The Morgan fingerprint density at radius 2 is 2.35 bits per heavy atom. The molecule has 1 aliphatic rings. The number of benzene rings is 1. The van der Waals surface area contributed by atoms with E-state index in [9.17, 15) is 4.79 Å². The number of carbonyl (C=O) groups is 1. The Kier molecular flexibility index (Phi) is 3.59. The number of rotatable bonds is 3. The van der Waals surface area contributed by atoms with Crippen LogP contribution in [0.15, 0.2) is 18.2 Å². The minimum Gasteiger partial charge on any atom is -0.496 e. The molecular formula is C12H15NO3S. The largest absolute Gasteiger partial charge is 0.496 e. The number of hydrogen-bond acceptors (Lipinski definition) is 4. The molecule has 0 unspecified atom stereocenters. The van der Waals surface area contributed by atoms with Gasteiger partial charge in [0.05, 0.1) is 12.5 Å². The molecule has 0 amide bonds. The summed E-state index contributed by atoms with van der Waals surface area (Å²) >= 11 is 1.43. The van der Waals surface area contributed by atoms with Crippen LogP contribution >= 0.6 is 11.8 Å². The molecule has 0 saturated carbocycles. The van der Waals surface area contributed by atoms with Crippen LogP contribution in [0.2, 0.25) is 0 Å². The van der Waals surface area contributed by atoms with Gasteiger partial charge in [0.1, 0.15) is 11.0 Å². The van der Waals surface area contributed by atoms with Crippen LogP contribution in [0.25, 0.3) is 0 Å². The molecule has 0 aromatic heterocycles. The van der Waals surface area contributed by atoms with E-state index < -0.39 is 5.97 Å². The zero-order chi connectivity index (χ0) is 12.4. The van der Waals surface area contributed by atoms with Crippen molar-refractivity contribution in [3.8, 4) is 5.75 Å². The lowest BCUT2D eigenvalue weighted by molar-refractivity contribution is -0.136. The van der Waals surface area contributed by atoms with E-state index in [1.54, 1.807) is 7.11 Å². The second kappa shape index (κ2) is 4.98. The van der Waals surface area contributed by atoms with Crippen molar-refractivity contribution in [3.05, 3.63) is 29.3 Å². The number of ether oxygens (including phenoxy) is 1. The fourth-order valence-corrected chi connectivity index (χ4v) is 2.95. The van der Waals surface area contributed by atoms with Gasteiger partial charge in [0, 0.05) is 6.54 Å². The molecule has 5 heteroatoms. The van der Waals surface area contributed by atoms with Crippen LogP contribution in [0.3, 0.4) is 0 Å². The SMILES string of the molecule is COc1cc([C@H]2NC[C@H](C(=O)O)S2)ccc1C. The first kappa shape index (κ1) is 12.3. The van der Waals surface area contributed by atoms with Crippen molar-refractivity contribution in [2.45, 2.75) is 17.5 Å². The Labute approximate surface area is 104 Å². The van der Waals surface area contributed by atoms with Gasteiger partial charge in [-0.25, -0.2) is 0 Å². The maximum absolute atomic E-state index is 10.9. The van der Waals surface area contributed by atoms with Crippen molar-refractivity contribution >= 4 is 17.7 Å². The Balaban J connectivity index is 2.16. The van der Waals surface area contributed by atoms with Crippen molar-refractivity contribution in [1.29, 1.82) is 0 Å². The summed E-state index contributed by atoms with van der Waals surface area (Å²) in [6.45, 7) is 2.48. The van der Waals surface area contributed by atoms with Crippen LogP contribution in [-0.2, 0) is 4.79 Å². The third kappa shape index (κ3) is 2.56. The van der Waals surface area contributed by atoms with E-state index in [1.807, 2.05) is 25.1 Å². The molecular weight excluding hydrogens is 238 g/mol. The monoisotopic (exact) mass is 253 g/mol. The first-order valence-electron chi connectivity index (χ1n) is 5.38. The molecule has 2 atom stereocenters. The standard InChI is InChI=1S/C12H15NO3S/c1-7-3-4-8(5-9(7)16-2)11-13-6-10(17-11)12(14)15/h3-5,10-11,13H,6H2,1-2H3,(H,14,15)/t10-,11+/m1/s1. The lowest BCUT2D eigenvalue weighted by Gasteiger charge is -2.13. The fourth-order valence-electron chi connectivity index (χ4n) is 1.82. The highest BCUT2D eigenvalue weighted by molar-refractivity contribution is 8.01. The highest BCUT2D eigenvalue weighted by atomic mass is 32.2. The molecule has 1 saturated heterocycles. The number of thioether (sulfide) groups is 1. The second-order valence-electron chi connectivity index (χ2n) is 3.98. The van der Waals surface area contributed by atoms with Gasteiger partial charge in [-0.2, -0.15) is 0 Å². The Bertz CT molecular complexity index is 436. The van der Waals surface area contributed by atoms with Crippen molar-refractivity contribution in [2.75, 3.05) is 13.7 Å². The van der Waals surface area contributed by atoms with Crippen molar-refractivity contribution in [3.63, 3.8) is 0 Å². The average Bonchev–Trinajstić information content (AvgIpc) is 2.79. The molecule has 1 aromatic rings. The van der Waals surface area contributed by atoms with Crippen molar-refractivity contribution in [2.24, 2.45) is 0 Å². The van der Waals surface area contributed by atoms with Gasteiger partial charge in [0.15, 0.2) is 0 Å². The molecule has 0 bridgehead atoms. The third-order valence-corrected chi connectivity index (χ3v) is 4.21. The van der Waals surface area contributed by atoms with Gasteiger partial charge in [-0.05, 0) is 24.1 Å². The Morgan fingerprint density at radius 1 is 1.59 bits per heavy atom. The van der Waals surface area contributed by atoms with E-state index in [-0.39, 0.29) is 10.6 Å². The molecule has 1 aliphatic heterocycles. The molecule has 1 aromatic carbocycles. The number of aryl methyl sites for hydroxylation is 1. The van der Waals surface area contributed by atoms with Crippen LogP contribution in [-0.4, -0.2) is 30.0 Å². The van der Waals surface area contributed by atoms with Crippen LogP contribution in [0.5, 0.6) is 5.75 Å². The summed E-state index contributed by atoms with van der Waals surface area (Å²) in [7, 11) is 1.64. The third-order valence-electron chi connectivity index (χ3n) is 2.80. The van der Waals surface area contributed by atoms with Crippen LogP contribution < -0.4 is 10.1 Å². The number of aliphatic carboxylic acids is 1. The van der Waals surface area contributed by atoms with Crippen molar-refractivity contribution in [1.82, 2.24) is 5.32 Å². The van der Waals surface area contributed by atoms with Gasteiger partial charge in [-0.1, -0.05) is 12.1 Å². The minimum absolute atomic E-state index is 0.0330. The second-order valence-corrected chi connectivity index (χ2v) is 5.29. The van der Waals surface area contributed by atoms with Gasteiger partial charge in [-0.3, -0.25) is 10.1 Å². The normalized spacial score (nSPS) is 23.6. The van der Waals surface area contributed by atoms with Crippen LogP contribution in [0, 0.1) is 6.92 Å². The lowest BCUT2D eigenvalue weighted by Crippen LogP contribution is -2.21. The van der Waals surface area contributed by atoms with Gasteiger partial charge in [0.25, 0.3) is 0 Å². The van der Waals surface area contributed by atoms with E-state index >= 15 is 0 Å². The number of hydrogen-bond donors (Lipinski definition) is 2. The highest BCUT2D eigenvalue weighted by Crippen LogP contribution is 2.36. The molecule has 92 valence electrons. The van der Waals surface area contributed by atoms with Gasteiger partial charge in [-0.15, -0.1) is 11.8 Å². The number of carboxylic acids is 1. The molecule has 0 spiro atoms. The lowest BCUT2D eigenvalue weighted by atomic mass is 10.1. The van der Waals surface area contributed by atoms with E-state index in [4.69, 9.17) is 9.84 Å². The molecule has 0 aliphatic carbocycles. The number of carboxylic acid groups (broad SMARTS) is 1. The van der Waals surface area contributed by atoms with Crippen LogP contribution in [0.4, 0.5) is 0 Å². The molecule has 1 heterocycles. The van der Waals surface area contributed by atoms with E-state index in [0.717, 1.165) is 16.9 Å². The summed E-state index contributed by atoms with van der Waals surface area (Å²) in [6, 6.07) is 5.96. The Hall–Kier alpha value is -1.20. The van der Waals surface area contributed by atoms with Gasteiger partial charge in [0.2, 0.25) is 0 Å². The van der Waals surface area contributed by atoms with E-state index in [2.05, 4.69) is 5.32 Å². The molecule has 17 heavy (non-hydrogen) atoms. The molecule has 1 fully saturated rings. The molecule has 2 N–H and O–H groups in total. The topological polar surface area (TPSA) is 58.6 Å². The zero-order valence-electron chi connectivity index (χ0n) is 9.77. The average molecular weight is 253 g/mol. The number of methoxy groups -OCH3 is 1. The van der Waals surface area contributed by atoms with Gasteiger partial charge >= 0.3 is 5.97 Å². The van der Waals surface area contributed by atoms with Crippen LogP contribution in [0.1, 0.15) is 16.5 Å². The summed E-state index contributed by atoms with van der Waals surface area (Å²) < 4.78 is 5.27. The summed E-state index contributed by atoms with van der Waals surface area (Å²) in [5, 5.41) is 11.8. The minimum atomic E-state index is -0.760. The highest BCUT2D eigenvalue weighted by Gasteiger charge is 2.30. The summed E-state index contributed by atoms with van der Waals surface area (Å²) in [6.07, 6.45) is 0. The quantitative estimate of drug-likeness (QED) is 0.860. The molecule has 4 nitrogen and oxygen atoms in total. The Morgan fingerprint density at radius 3 is 2.94 bits per heavy atom. The predicted octanol–water partition coefficient (Wildman–Crippen LogP) is 1.79. The predicted molar refractivity (Wildman–Crippen MR) is 67.5 cm³/mol. The summed E-state index contributed by atoms with van der Waals surface area (Å²) in [5.41, 5.74) is 2.13. The van der Waals surface area contributed by atoms with Crippen molar-refractivity contribution < 1.29 is 14.6 Å². The smallest absolute Gasteiger partial charge is 0.318 e. The fraction of sp³-hybridized carbons (Fsp3) is 0.417. The first-order valence-corrected chi connectivity index (χ1v) is 6.32. The molecule has 0 radical (unpaired) electrons. The van der Waals surface area contributed by atoms with Gasteiger partial charge < -0.3 is 9.84 Å². The van der Waals surface area contributed by atoms with E-state index in [0.29, 0.717) is 6.54 Å². The zero-order valence-corrected chi connectivity index (χ0v) is 10.6. The first-order chi connectivity index (χ1) is 8.11. The molecule has 2 rings (SSSR count). The summed E-state index contributed by atoms with van der Waals surface area (Å²) in [5.74, 6) is 0.0766. The maximum atomic E-state index is 10.9. The number of nitrogens with one attached hydrogen (secondary N) is 1. The maximum Gasteiger partial charge on any atom is 0.318 e. The summed E-state index contributed by atoms with van der Waals surface area (Å²) in [4.78, 5) is 10.9. The van der Waals surface area contributed by atoms with E-state index in [1.165, 1.54) is 11.8 Å².